The summed E-state index contributed by atoms with van der Waals surface area (Å²) in [7, 11) is -3.45. The molecule has 0 radical (unpaired) electrons. The summed E-state index contributed by atoms with van der Waals surface area (Å²) in [5.41, 5.74) is 3.28. The van der Waals surface area contributed by atoms with Crippen LogP contribution in [0.3, 0.4) is 0 Å². The Morgan fingerprint density at radius 1 is 1.00 bits per heavy atom. The zero-order valence-corrected chi connectivity index (χ0v) is 13.5. The van der Waals surface area contributed by atoms with Gasteiger partial charge in [0.1, 0.15) is 0 Å². The molecule has 2 aromatic rings. The lowest BCUT2D eigenvalue weighted by Gasteiger charge is -2.12. The van der Waals surface area contributed by atoms with Gasteiger partial charge in [0.2, 0.25) is 10.0 Å². The lowest BCUT2D eigenvalue weighted by molar-refractivity contribution is 0.102. The van der Waals surface area contributed by atoms with Crippen molar-refractivity contribution in [3.8, 4) is 0 Å². The SMILES string of the molecule is Cc1cc(C)cc(NC(=O)c2ccccc2NS(C)(=O)=O)c1. The van der Waals surface area contributed by atoms with E-state index in [9.17, 15) is 13.2 Å². The van der Waals surface area contributed by atoms with Gasteiger partial charge < -0.3 is 5.32 Å². The van der Waals surface area contributed by atoms with Gasteiger partial charge in [0.05, 0.1) is 17.5 Å². The molecule has 1 amide bonds. The third kappa shape index (κ3) is 4.33. The Labute approximate surface area is 130 Å². The van der Waals surface area contributed by atoms with E-state index in [2.05, 4.69) is 10.0 Å². The molecule has 2 aromatic carbocycles. The largest absolute Gasteiger partial charge is 0.322 e. The van der Waals surface area contributed by atoms with Crippen molar-refractivity contribution >= 4 is 27.3 Å². The molecule has 0 aromatic heterocycles. The van der Waals surface area contributed by atoms with Crippen LogP contribution in [0.4, 0.5) is 11.4 Å². The average molecular weight is 318 g/mol. The topological polar surface area (TPSA) is 75.3 Å². The Hall–Kier alpha value is -2.34. The van der Waals surface area contributed by atoms with E-state index in [0.717, 1.165) is 17.4 Å². The molecular weight excluding hydrogens is 300 g/mol. The van der Waals surface area contributed by atoms with Crippen LogP contribution in [0.1, 0.15) is 21.5 Å². The molecule has 0 heterocycles. The molecule has 0 aliphatic heterocycles. The molecule has 0 atom stereocenters. The highest BCUT2D eigenvalue weighted by Gasteiger charge is 2.14. The summed E-state index contributed by atoms with van der Waals surface area (Å²) in [6.45, 7) is 3.89. The van der Waals surface area contributed by atoms with Gasteiger partial charge in [0.15, 0.2) is 0 Å². The van der Waals surface area contributed by atoms with E-state index in [1.54, 1.807) is 24.3 Å². The van der Waals surface area contributed by atoms with Crippen LogP contribution in [0.2, 0.25) is 0 Å². The first kappa shape index (κ1) is 16.0. The van der Waals surface area contributed by atoms with Gasteiger partial charge in [-0.25, -0.2) is 8.42 Å². The maximum atomic E-state index is 12.4. The molecule has 6 heteroatoms. The van der Waals surface area contributed by atoms with E-state index in [1.165, 1.54) is 0 Å². The first-order valence-corrected chi connectivity index (χ1v) is 8.60. The zero-order valence-electron chi connectivity index (χ0n) is 12.7. The number of rotatable bonds is 4. The third-order valence-electron chi connectivity index (χ3n) is 2.95. The Bertz CT molecular complexity index is 794. The minimum Gasteiger partial charge on any atom is -0.322 e. The molecule has 116 valence electrons. The second kappa shape index (κ2) is 6.19. The molecule has 0 unspecified atom stereocenters. The van der Waals surface area contributed by atoms with Gasteiger partial charge in [-0.1, -0.05) is 18.2 Å². The maximum Gasteiger partial charge on any atom is 0.257 e. The maximum absolute atomic E-state index is 12.4. The predicted molar refractivity (Wildman–Crippen MR) is 88.8 cm³/mol. The van der Waals surface area contributed by atoms with Gasteiger partial charge >= 0.3 is 0 Å². The van der Waals surface area contributed by atoms with Gasteiger partial charge in [-0.2, -0.15) is 0 Å². The van der Waals surface area contributed by atoms with E-state index in [4.69, 9.17) is 0 Å². The number of anilines is 2. The highest BCUT2D eigenvalue weighted by Crippen LogP contribution is 2.19. The van der Waals surface area contributed by atoms with E-state index in [-0.39, 0.29) is 17.2 Å². The van der Waals surface area contributed by atoms with Crippen LogP contribution in [-0.4, -0.2) is 20.6 Å². The molecule has 2 rings (SSSR count). The Kier molecular flexibility index (Phi) is 4.51. The van der Waals surface area contributed by atoms with Crippen molar-refractivity contribution < 1.29 is 13.2 Å². The van der Waals surface area contributed by atoms with E-state index in [0.29, 0.717) is 5.69 Å². The van der Waals surface area contributed by atoms with Crippen molar-refractivity contribution in [3.63, 3.8) is 0 Å². The van der Waals surface area contributed by atoms with Crippen LogP contribution in [0.5, 0.6) is 0 Å². The summed E-state index contributed by atoms with van der Waals surface area (Å²) in [5, 5.41) is 2.79. The zero-order chi connectivity index (χ0) is 16.3. The Balaban J connectivity index is 2.30. The van der Waals surface area contributed by atoms with Crippen LogP contribution in [-0.2, 0) is 10.0 Å². The standard InChI is InChI=1S/C16H18N2O3S/c1-11-8-12(2)10-13(9-11)17-16(19)14-6-4-5-7-15(14)18-22(3,20)21/h4-10,18H,1-3H3,(H,17,19). The van der Waals surface area contributed by atoms with Crippen LogP contribution in [0.25, 0.3) is 0 Å². The normalized spacial score (nSPS) is 11.0. The van der Waals surface area contributed by atoms with Gasteiger partial charge in [-0.3, -0.25) is 9.52 Å². The molecule has 0 aliphatic carbocycles. The number of hydrogen-bond donors (Lipinski definition) is 2. The van der Waals surface area contributed by atoms with Crippen LogP contribution in [0.15, 0.2) is 42.5 Å². The predicted octanol–water partition coefficient (Wildman–Crippen LogP) is 2.93. The smallest absolute Gasteiger partial charge is 0.257 e. The first-order valence-electron chi connectivity index (χ1n) is 6.71. The number of benzene rings is 2. The molecule has 0 fully saturated rings. The van der Waals surface area contributed by atoms with Crippen molar-refractivity contribution in [2.45, 2.75) is 13.8 Å². The van der Waals surface area contributed by atoms with E-state index >= 15 is 0 Å². The lowest BCUT2D eigenvalue weighted by atomic mass is 10.1. The number of sulfonamides is 1. The molecule has 2 N–H and O–H groups in total. The average Bonchev–Trinajstić information content (AvgIpc) is 2.35. The van der Waals surface area contributed by atoms with Gasteiger partial charge in [-0.05, 0) is 49.2 Å². The minimum absolute atomic E-state index is 0.256. The number of aryl methyl sites for hydroxylation is 2. The minimum atomic E-state index is -3.45. The van der Waals surface area contributed by atoms with Crippen molar-refractivity contribution in [2.75, 3.05) is 16.3 Å². The number of carbonyl (C=O) groups excluding carboxylic acids is 1. The van der Waals surface area contributed by atoms with Gasteiger partial charge in [-0.15, -0.1) is 0 Å². The number of carbonyl (C=O) groups is 1. The molecule has 0 bridgehead atoms. The summed E-state index contributed by atoms with van der Waals surface area (Å²) < 4.78 is 25.1. The summed E-state index contributed by atoms with van der Waals surface area (Å²) in [6, 6.07) is 12.2. The Morgan fingerprint density at radius 3 is 2.18 bits per heavy atom. The summed E-state index contributed by atoms with van der Waals surface area (Å²) in [5.74, 6) is -0.364. The van der Waals surface area contributed by atoms with E-state index in [1.807, 2.05) is 32.0 Å². The quantitative estimate of drug-likeness (QED) is 0.910. The second-order valence-corrected chi connectivity index (χ2v) is 7.00. The number of para-hydroxylation sites is 1. The fraction of sp³-hybridized carbons (Fsp3) is 0.188. The lowest BCUT2D eigenvalue weighted by Crippen LogP contribution is -2.17. The van der Waals surface area contributed by atoms with Crippen molar-refractivity contribution in [1.29, 1.82) is 0 Å². The summed E-state index contributed by atoms with van der Waals surface area (Å²) >= 11 is 0. The fourth-order valence-corrected chi connectivity index (χ4v) is 2.79. The first-order chi connectivity index (χ1) is 10.2. The van der Waals surface area contributed by atoms with Crippen molar-refractivity contribution in [3.05, 3.63) is 59.2 Å². The van der Waals surface area contributed by atoms with Crippen molar-refractivity contribution in [2.24, 2.45) is 0 Å². The van der Waals surface area contributed by atoms with Crippen LogP contribution in [0, 0.1) is 13.8 Å². The summed E-state index contributed by atoms with van der Waals surface area (Å²) in [6.07, 6.45) is 1.05. The second-order valence-electron chi connectivity index (χ2n) is 5.25. The number of nitrogens with one attached hydrogen (secondary N) is 2. The third-order valence-corrected chi connectivity index (χ3v) is 3.54. The molecule has 0 saturated carbocycles. The van der Waals surface area contributed by atoms with E-state index < -0.39 is 10.0 Å². The fourth-order valence-electron chi connectivity index (χ4n) is 2.22. The molecule has 0 spiro atoms. The van der Waals surface area contributed by atoms with Crippen LogP contribution >= 0.6 is 0 Å². The van der Waals surface area contributed by atoms with Gasteiger partial charge in [0.25, 0.3) is 5.91 Å². The highest BCUT2D eigenvalue weighted by molar-refractivity contribution is 7.92. The molecule has 0 saturated heterocycles. The molecule has 0 aliphatic rings. The summed E-state index contributed by atoms with van der Waals surface area (Å²) in [4.78, 5) is 12.4. The van der Waals surface area contributed by atoms with Crippen LogP contribution < -0.4 is 10.0 Å². The molecule has 22 heavy (non-hydrogen) atoms. The monoisotopic (exact) mass is 318 g/mol. The van der Waals surface area contributed by atoms with Crippen molar-refractivity contribution in [1.82, 2.24) is 0 Å². The number of hydrogen-bond acceptors (Lipinski definition) is 3. The highest BCUT2D eigenvalue weighted by atomic mass is 32.2. The Morgan fingerprint density at radius 2 is 1.59 bits per heavy atom. The number of amides is 1. The van der Waals surface area contributed by atoms with Gasteiger partial charge in [0, 0.05) is 5.69 Å². The molecular formula is C16H18N2O3S. The molecule has 5 nitrogen and oxygen atoms in total.